The van der Waals surface area contributed by atoms with Gasteiger partial charge in [-0.15, -0.1) is 11.6 Å². The molecule has 1 rings (SSSR count). The Morgan fingerprint density at radius 2 is 2.15 bits per heavy atom. The molecule has 0 aliphatic rings. The molecule has 0 spiro atoms. The minimum atomic E-state index is 0.528. The molecule has 0 amide bonds. The Bertz CT molecular complexity index is 281. The summed E-state index contributed by atoms with van der Waals surface area (Å²) in [7, 11) is 0. The molecule has 13 heavy (non-hydrogen) atoms. The third-order valence-electron chi connectivity index (χ3n) is 1.61. The predicted octanol–water partition coefficient (Wildman–Crippen LogP) is 3.34. The number of benzene rings is 1. The van der Waals surface area contributed by atoms with Gasteiger partial charge in [0.2, 0.25) is 0 Å². The monoisotopic (exact) mass is 196 g/mol. The zero-order valence-electron chi connectivity index (χ0n) is 7.66. The van der Waals surface area contributed by atoms with E-state index in [1.807, 2.05) is 43.3 Å². The van der Waals surface area contributed by atoms with Gasteiger partial charge in [-0.25, -0.2) is 0 Å². The van der Waals surface area contributed by atoms with Gasteiger partial charge in [-0.05, 0) is 13.0 Å². The lowest BCUT2D eigenvalue weighted by Crippen LogP contribution is -1.93. The molecule has 1 nitrogen and oxygen atoms in total. The topological polar surface area (TPSA) is 9.23 Å². The van der Waals surface area contributed by atoms with E-state index in [9.17, 15) is 0 Å². The van der Waals surface area contributed by atoms with Crippen molar-refractivity contribution >= 4 is 17.7 Å². The third kappa shape index (κ3) is 3.11. The first-order valence-electron chi connectivity index (χ1n) is 4.32. The highest BCUT2D eigenvalue weighted by Crippen LogP contribution is 2.19. The Hall–Kier alpha value is -0.950. The van der Waals surface area contributed by atoms with E-state index in [1.165, 1.54) is 0 Å². The molecule has 0 saturated heterocycles. The van der Waals surface area contributed by atoms with Gasteiger partial charge in [-0.1, -0.05) is 30.4 Å². The van der Waals surface area contributed by atoms with Gasteiger partial charge in [0, 0.05) is 11.4 Å². The van der Waals surface area contributed by atoms with Crippen LogP contribution in [0.25, 0.3) is 6.08 Å². The smallest absolute Gasteiger partial charge is 0.126 e. The van der Waals surface area contributed by atoms with Crippen LogP contribution in [0.1, 0.15) is 12.5 Å². The number of hydrogen-bond acceptors (Lipinski definition) is 1. The summed E-state index contributed by atoms with van der Waals surface area (Å²) in [5, 5.41) is 0. The molecule has 0 saturated carbocycles. The van der Waals surface area contributed by atoms with Crippen molar-refractivity contribution in [3.05, 3.63) is 35.9 Å². The highest BCUT2D eigenvalue weighted by atomic mass is 35.5. The van der Waals surface area contributed by atoms with Gasteiger partial charge in [0.1, 0.15) is 5.75 Å². The Balaban J connectivity index is 2.84. The molecule has 0 N–H and O–H groups in total. The van der Waals surface area contributed by atoms with Crippen LogP contribution in [-0.2, 0) is 0 Å². The van der Waals surface area contributed by atoms with Gasteiger partial charge >= 0.3 is 0 Å². The molecule has 0 atom stereocenters. The van der Waals surface area contributed by atoms with Gasteiger partial charge in [0.05, 0.1) is 6.61 Å². The number of alkyl halides is 1. The zero-order valence-corrected chi connectivity index (χ0v) is 8.42. The van der Waals surface area contributed by atoms with Crippen LogP contribution in [0.3, 0.4) is 0 Å². The maximum Gasteiger partial charge on any atom is 0.126 e. The summed E-state index contributed by atoms with van der Waals surface area (Å²) in [5.74, 6) is 1.44. The van der Waals surface area contributed by atoms with E-state index in [1.54, 1.807) is 0 Å². The number of allylic oxidation sites excluding steroid dienone is 1. The summed E-state index contributed by atoms with van der Waals surface area (Å²) >= 11 is 5.55. The number of rotatable bonds is 4. The number of hydrogen-bond donors (Lipinski definition) is 0. The van der Waals surface area contributed by atoms with Gasteiger partial charge in [-0.3, -0.25) is 0 Å². The molecule has 0 aromatic heterocycles. The normalized spacial score (nSPS) is 10.6. The summed E-state index contributed by atoms with van der Waals surface area (Å²) in [4.78, 5) is 0. The zero-order chi connectivity index (χ0) is 9.52. The van der Waals surface area contributed by atoms with Crippen molar-refractivity contribution in [1.82, 2.24) is 0 Å². The van der Waals surface area contributed by atoms with Gasteiger partial charge in [0.15, 0.2) is 0 Å². The first-order chi connectivity index (χ1) is 6.38. The minimum absolute atomic E-state index is 0.528. The molecule has 70 valence electrons. The first kappa shape index (κ1) is 10.1. The minimum Gasteiger partial charge on any atom is -0.493 e. The summed E-state index contributed by atoms with van der Waals surface area (Å²) in [6.07, 6.45) is 3.87. The molecule has 1 aromatic carbocycles. The third-order valence-corrected chi connectivity index (χ3v) is 1.78. The van der Waals surface area contributed by atoms with E-state index < -0.39 is 0 Å². The molecule has 0 aliphatic heterocycles. The maximum atomic E-state index is 5.55. The van der Waals surface area contributed by atoms with Crippen LogP contribution in [0.5, 0.6) is 5.75 Å². The van der Waals surface area contributed by atoms with Crippen molar-refractivity contribution in [1.29, 1.82) is 0 Å². The van der Waals surface area contributed by atoms with Crippen LogP contribution >= 0.6 is 11.6 Å². The molecule has 1 aromatic rings. The van der Waals surface area contributed by atoms with E-state index in [0.717, 1.165) is 11.3 Å². The summed E-state index contributed by atoms with van der Waals surface area (Å²) < 4.78 is 5.44. The molecular formula is C11H13ClO. The standard InChI is InChI=1S/C11H13ClO/c1-2-13-11-8-4-3-6-10(11)7-5-9-12/h3-8H,2,9H2,1H3/b7-5+. The van der Waals surface area contributed by atoms with Gasteiger partial charge < -0.3 is 4.74 Å². The molecule has 0 aliphatic carbocycles. The van der Waals surface area contributed by atoms with Crippen molar-refractivity contribution in [3.8, 4) is 5.75 Å². The lowest BCUT2D eigenvalue weighted by molar-refractivity contribution is 0.339. The Labute approximate surface area is 84.0 Å². The van der Waals surface area contributed by atoms with Crippen molar-refractivity contribution in [2.45, 2.75) is 6.92 Å². The van der Waals surface area contributed by atoms with Gasteiger partial charge in [0.25, 0.3) is 0 Å². The van der Waals surface area contributed by atoms with Crippen molar-refractivity contribution in [2.24, 2.45) is 0 Å². The fourth-order valence-electron chi connectivity index (χ4n) is 1.08. The SMILES string of the molecule is CCOc1ccccc1/C=C/CCl. The Kier molecular flexibility index (Phi) is 4.41. The van der Waals surface area contributed by atoms with E-state index in [4.69, 9.17) is 16.3 Å². The Morgan fingerprint density at radius 3 is 2.85 bits per heavy atom. The van der Waals surface area contributed by atoms with Crippen LogP contribution < -0.4 is 4.74 Å². The lowest BCUT2D eigenvalue weighted by Gasteiger charge is -2.05. The lowest BCUT2D eigenvalue weighted by atomic mass is 10.2. The number of halogens is 1. The molecule has 0 heterocycles. The molecule has 0 unspecified atom stereocenters. The van der Waals surface area contributed by atoms with E-state index in [0.29, 0.717) is 12.5 Å². The van der Waals surface area contributed by atoms with Crippen LogP contribution in [0.15, 0.2) is 30.3 Å². The Morgan fingerprint density at radius 1 is 1.38 bits per heavy atom. The van der Waals surface area contributed by atoms with Crippen LogP contribution in [-0.4, -0.2) is 12.5 Å². The second kappa shape index (κ2) is 5.65. The number of ether oxygens (including phenoxy) is 1. The van der Waals surface area contributed by atoms with Crippen LogP contribution in [0.2, 0.25) is 0 Å². The first-order valence-corrected chi connectivity index (χ1v) is 4.86. The average molecular weight is 197 g/mol. The number of para-hydroxylation sites is 1. The second-order valence-corrected chi connectivity index (χ2v) is 2.84. The molecule has 2 heteroatoms. The van der Waals surface area contributed by atoms with E-state index in [-0.39, 0.29) is 0 Å². The molecule has 0 fully saturated rings. The second-order valence-electron chi connectivity index (χ2n) is 2.53. The highest BCUT2D eigenvalue weighted by molar-refractivity contribution is 6.19. The summed E-state index contributed by atoms with van der Waals surface area (Å²) in [6, 6.07) is 7.91. The van der Waals surface area contributed by atoms with Gasteiger partial charge in [-0.2, -0.15) is 0 Å². The fraction of sp³-hybridized carbons (Fsp3) is 0.273. The largest absolute Gasteiger partial charge is 0.493 e. The fourth-order valence-corrected chi connectivity index (χ4v) is 1.17. The quantitative estimate of drug-likeness (QED) is 0.672. The predicted molar refractivity (Wildman–Crippen MR) is 57.4 cm³/mol. The van der Waals surface area contributed by atoms with Crippen LogP contribution in [0, 0.1) is 0 Å². The van der Waals surface area contributed by atoms with Crippen LogP contribution in [0.4, 0.5) is 0 Å². The van der Waals surface area contributed by atoms with Crippen molar-refractivity contribution in [3.63, 3.8) is 0 Å². The van der Waals surface area contributed by atoms with E-state index in [2.05, 4.69) is 0 Å². The summed E-state index contributed by atoms with van der Waals surface area (Å²) in [6.45, 7) is 2.66. The van der Waals surface area contributed by atoms with E-state index >= 15 is 0 Å². The van der Waals surface area contributed by atoms with Crippen molar-refractivity contribution < 1.29 is 4.74 Å². The molecular weight excluding hydrogens is 184 g/mol. The molecule has 0 bridgehead atoms. The van der Waals surface area contributed by atoms with Crippen molar-refractivity contribution in [2.75, 3.05) is 12.5 Å². The average Bonchev–Trinajstić information content (AvgIpc) is 2.17. The maximum absolute atomic E-state index is 5.55. The summed E-state index contributed by atoms with van der Waals surface area (Å²) in [5.41, 5.74) is 1.07. The molecule has 0 radical (unpaired) electrons. The highest BCUT2D eigenvalue weighted by Gasteiger charge is 1.96.